The summed E-state index contributed by atoms with van der Waals surface area (Å²) in [6, 6.07) is 7.39. The number of halogens is 1. The summed E-state index contributed by atoms with van der Waals surface area (Å²) in [5, 5.41) is 1.58. The molecule has 0 saturated carbocycles. The molecule has 0 amide bonds. The molecule has 0 saturated heterocycles. The van der Waals surface area contributed by atoms with Crippen molar-refractivity contribution >= 4 is 28.3 Å². The smallest absolute Gasteiger partial charge is 0.234 e. The molecule has 0 fully saturated rings. The average molecular weight is 298 g/mol. The van der Waals surface area contributed by atoms with E-state index in [9.17, 15) is 4.79 Å². The van der Waals surface area contributed by atoms with Crippen molar-refractivity contribution < 1.29 is 4.79 Å². The van der Waals surface area contributed by atoms with E-state index in [2.05, 4.69) is 9.97 Å². The summed E-state index contributed by atoms with van der Waals surface area (Å²) in [5.74, 6) is 0.777. The summed E-state index contributed by atoms with van der Waals surface area (Å²) in [7, 11) is 0. The minimum atomic E-state index is 0.193. The number of rotatable bonds is 1. The number of nitrogens with zero attached hydrogens (tertiary/aromatic N) is 3. The molecule has 4 rings (SSSR count). The lowest BCUT2D eigenvalue weighted by Crippen LogP contribution is -2.13. The Labute approximate surface area is 126 Å². The van der Waals surface area contributed by atoms with Gasteiger partial charge in [0, 0.05) is 40.5 Å². The third-order valence-corrected chi connectivity index (χ3v) is 4.11. The van der Waals surface area contributed by atoms with E-state index in [0.29, 0.717) is 17.4 Å². The van der Waals surface area contributed by atoms with Crippen LogP contribution >= 0.6 is 11.6 Å². The fourth-order valence-electron chi connectivity index (χ4n) is 3.04. The SMILES string of the molecule is O=C1CCCc2c1c1ccc(Cl)cc1n2-c1ncccn1. The molecule has 1 aliphatic rings. The molecule has 21 heavy (non-hydrogen) atoms. The first kappa shape index (κ1) is 12.5. The van der Waals surface area contributed by atoms with Gasteiger partial charge < -0.3 is 0 Å². The largest absolute Gasteiger partial charge is 0.294 e. The molecular formula is C16H12ClN3O. The predicted molar refractivity (Wildman–Crippen MR) is 81.1 cm³/mol. The van der Waals surface area contributed by atoms with E-state index >= 15 is 0 Å². The van der Waals surface area contributed by atoms with Gasteiger partial charge in [0.25, 0.3) is 0 Å². The van der Waals surface area contributed by atoms with Crippen LogP contribution < -0.4 is 0 Å². The first-order valence-electron chi connectivity index (χ1n) is 6.89. The Bertz CT molecular complexity index is 855. The minimum absolute atomic E-state index is 0.193. The maximum Gasteiger partial charge on any atom is 0.234 e. The number of carbonyl (C=O) groups is 1. The van der Waals surface area contributed by atoms with E-state index in [1.165, 1.54) is 0 Å². The lowest BCUT2D eigenvalue weighted by molar-refractivity contribution is 0.0973. The quantitative estimate of drug-likeness (QED) is 0.689. The zero-order valence-electron chi connectivity index (χ0n) is 11.2. The molecule has 2 aromatic heterocycles. The molecule has 3 aromatic rings. The average Bonchev–Trinajstić information content (AvgIpc) is 2.82. The van der Waals surface area contributed by atoms with E-state index in [1.54, 1.807) is 18.5 Å². The highest BCUT2D eigenvalue weighted by Crippen LogP contribution is 2.34. The van der Waals surface area contributed by atoms with Gasteiger partial charge in [-0.15, -0.1) is 0 Å². The molecule has 4 nitrogen and oxygen atoms in total. The fourth-order valence-corrected chi connectivity index (χ4v) is 3.20. The molecular weight excluding hydrogens is 286 g/mol. The number of hydrogen-bond donors (Lipinski definition) is 0. The third-order valence-electron chi connectivity index (χ3n) is 3.88. The van der Waals surface area contributed by atoms with Crippen LogP contribution in [0.25, 0.3) is 16.9 Å². The van der Waals surface area contributed by atoms with Gasteiger partial charge in [-0.1, -0.05) is 17.7 Å². The molecule has 5 heteroatoms. The Morgan fingerprint density at radius 1 is 1.14 bits per heavy atom. The van der Waals surface area contributed by atoms with E-state index in [1.807, 2.05) is 22.8 Å². The van der Waals surface area contributed by atoms with E-state index < -0.39 is 0 Å². The normalized spacial score (nSPS) is 14.4. The minimum Gasteiger partial charge on any atom is -0.294 e. The summed E-state index contributed by atoms with van der Waals surface area (Å²) in [6.45, 7) is 0. The van der Waals surface area contributed by atoms with Crippen molar-refractivity contribution in [3.05, 3.63) is 52.9 Å². The molecule has 0 spiro atoms. The van der Waals surface area contributed by atoms with Crippen molar-refractivity contribution in [1.82, 2.24) is 14.5 Å². The summed E-state index contributed by atoms with van der Waals surface area (Å²) < 4.78 is 1.97. The summed E-state index contributed by atoms with van der Waals surface area (Å²) in [4.78, 5) is 21.0. The van der Waals surface area contributed by atoms with Gasteiger partial charge in [-0.2, -0.15) is 0 Å². The van der Waals surface area contributed by atoms with Crippen LogP contribution in [0.4, 0.5) is 0 Å². The number of hydrogen-bond acceptors (Lipinski definition) is 3. The van der Waals surface area contributed by atoms with E-state index in [-0.39, 0.29) is 5.78 Å². The van der Waals surface area contributed by atoms with Crippen molar-refractivity contribution in [3.63, 3.8) is 0 Å². The molecule has 1 aromatic carbocycles. The number of fused-ring (bicyclic) bond motifs is 3. The van der Waals surface area contributed by atoms with Crippen LogP contribution in [-0.4, -0.2) is 20.3 Å². The Morgan fingerprint density at radius 3 is 2.76 bits per heavy atom. The van der Waals surface area contributed by atoms with Gasteiger partial charge in [0.05, 0.1) is 5.52 Å². The summed E-state index contributed by atoms with van der Waals surface area (Å²) in [6.07, 6.45) is 5.73. The maximum absolute atomic E-state index is 12.3. The third kappa shape index (κ3) is 1.87. The monoisotopic (exact) mass is 297 g/mol. The number of Topliss-reactive ketones (excluding diaryl/α,β-unsaturated/α-hetero) is 1. The first-order chi connectivity index (χ1) is 10.3. The fraction of sp³-hybridized carbons (Fsp3) is 0.188. The van der Waals surface area contributed by atoms with Crippen molar-refractivity contribution in [3.8, 4) is 5.95 Å². The van der Waals surface area contributed by atoms with Crippen molar-refractivity contribution in [2.24, 2.45) is 0 Å². The van der Waals surface area contributed by atoms with Gasteiger partial charge in [-0.25, -0.2) is 9.97 Å². The number of carbonyl (C=O) groups excluding carboxylic acids is 1. The molecule has 0 atom stereocenters. The molecule has 1 aliphatic carbocycles. The highest BCUT2D eigenvalue weighted by Gasteiger charge is 2.27. The highest BCUT2D eigenvalue weighted by atomic mass is 35.5. The Kier molecular flexibility index (Phi) is 2.79. The number of aromatic nitrogens is 3. The summed E-state index contributed by atoms with van der Waals surface area (Å²) >= 11 is 6.14. The van der Waals surface area contributed by atoms with E-state index in [0.717, 1.165) is 35.0 Å². The van der Waals surface area contributed by atoms with Crippen molar-refractivity contribution in [2.45, 2.75) is 19.3 Å². The number of benzene rings is 1. The zero-order valence-corrected chi connectivity index (χ0v) is 12.0. The lowest BCUT2D eigenvalue weighted by atomic mass is 9.94. The second kappa shape index (κ2) is 4.67. The molecule has 0 unspecified atom stereocenters. The molecule has 0 aliphatic heterocycles. The number of ketones is 1. The van der Waals surface area contributed by atoms with Gasteiger partial charge >= 0.3 is 0 Å². The van der Waals surface area contributed by atoms with Gasteiger partial charge in [-0.3, -0.25) is 9.36 Å². The highest BCUT2D eigenvalue weighted by molar-refractivity contribution is 6.31. The molecule has 2 heterocycles. The van der Waals surface area contributed by atoms with Crippen LogP contribution in [0.3, 0.4) is 0 Å². The van der Waals surface area contributed by atoms with Crippen LogP contribution in [0.2, 0.25) is 5.02 Å². The van der Waals surface area contributed by atoms with Crippen molar-refractivity contribution in [1.29, 1.82) is 0 Å². The lowest BCUT2D eigenvalue weighted by Gasteiger charge is -2.13. The second-order valence-corrected chi connectivity index (χ2v) is 5.58. The molecule has 0 N–H and O–H groups in total. The summed E-state index contributed by atoms with van der Waals surface area (Å²) in [5.41, 5.74) is 2.70. The first-order valence-corrected chi connectivity index (χ1v) is 7.27. The predicted octanol–water partition coefficient (Wildman–Crippen LogP) is 3.59. The van der Waals surface area contributed by atoms with Crippen LogP contribution in [0.15, 0.2) is 36.7 Å². The van der Waals surface area contributed by atoms with Crippen LogP contribution in [-0.2, 0) is 6.42 Å². The standard InChI is InChI=1S/C16H12ClN3O/c17-10-5-6-11-13(9-10)20(16-18-7-2-8-19-16)12-3-1-4-14(21)15(11)12/h2,5-9H,1,3-4H2. The van der Waals surface area contributed by atoms with Gasteiger partial charge in [0.1, 0.15) is 0 Å². The van der Waals surface area contributed by atoms with Crippen molar-refractivity contribution in [2.75, 3.05) is 0 Å². The molecule has 0 bridgehead atoms. The second-order valence-electron chi connectivity index (χ2n) is 5.14. The van der Waals surface area contributed by atoms with Gasteiger partial charge in [-0.05, 0) is 31.0 Å². The topological polar surface area (TPSA) is 47.8 Å². The van der Waals surface area contributed by atoms with Crippen LogP contribution in [0, 0.1) is 0 Å². The van der Waals surface area contributed by atoms with Crippen LogP contribution in [0.5, 0.6) is 0 Å². The zero-order chi connectivity index (χ0) is 14.4. The molecule has 104 valence electrons. The Hall–Kier alpha value is -2.20. The van der Waals surface area contributed by atoms with Crippen LogP contribution in [0.1, 0.15) is 28.9 Å². The Morgan fingerprint density at radius 2 is 1.95 bits per heavy atom. The maximum atomic E-state index is 12.3. The van der Waals surface area contributed by atoms with Gasteiger partial charge in [0.2, 0.25) is 5.95 Å². The van der Waals surface area contributed by atoms with Gasteiger partial charge in [0.15, 0.2) is 5.78 Å². The Balaban J connectivity index is 2.14. The van der Waals surface area contributed by atoms with E-state index in [4.69, 9.17) is 11.6 Å². The molecule has 0 radical (unpaired) electrons.